The lowest BCUT2D eigenvalue weighted by atomic mass is 10.1. The number of carbonyl (C=O) groups excluding carboxylic acids is 2. The van der Waals surface area contributed by atoms with Crippen LogP contribution in [0.25, 0.3) is 0 Å². The van der Waals surface area contributed by atoms with Crippen molar-refractivity contribution in [1.82, 2.24) is 20.0 Å². The Morgan fingerprint density at radius 2 is 2.00 bits per heavy atom. The molecule has 2 heterocycles. The predicted molar refractivity (Wildman–Crippen MR) is 109 cm³/mol. The number of amides is 2. The van der Waals surface area contributed by atoms with Crippen LogP contribution >= 0.6 is 0 Å². The monoisotopic (exact) mass is 382 g/mol. The highest BCUT2D eigenvalue weighted by Gasteiger charge is 2.30. The van der Waals surface area contributed by atoms with Crippen LogP contribution in [0.3, 0.4) is 0 Å². The Bertz CT molecular complexity index is 796. The van der Waals surface area contributed by atoms with Gasteiger partial charge in [-0.1, -0.05) is 37.3 Å². The first-order valence-corrected chi connectivity index (χ1v) is 10.1. The summed E-state index contributed by atoms with van der Waals surface area (Å²) in [5.41, 5.74) is 4.23. The third kappa shape index (κ3) is 4.61. The van der Waals surface area contributed by atoms with Crippen molar-refractivity contribution in [2.45, 2.75) is 59.0 Å². The molecule has 1 aromatic heterocycles. The van der Waals surface area contributed by atoms with Crippen LogP contribution in [0.4, 0.5) is 0 Å². The van der Waals surface area contributed by atoms with Gasteiger partial charge >= 0.3 is 0 Å². The second kappa shape index (κ2) is 9.04. The number of benzene rings is 1. The highest BCUT2D eigenvalue weighted by molar-refractivity contribution is 5.80. The molecule has 0 unspecified atom stereocenters. The minimum atomic E-state index is 0.0524. The standard InChI is InChI=1S/C22H30N4O2/c1-4-19-15-25(21(27)11-10-20-16(2)23-24-17(20)3)13-12-22(28)26(19)14-18-8-6-5-7-9-18/h5-9,19H,4,10-15H2,1-3H3,(H,23,24)/t19-/m1/s1. The van der Waals surface area contributed by atoms with E-state index in [0.29, 0.717) is 38.9 Å². The Labute approximate surface area is 166 Å². The lowest BCUT2D eigenvalue weighted by Gasteiger charge is -2.31. The van der Waals surface area contributed by atoms with Gasteiger partial charge in [0.05, 0.1) is 5.69 Å². The first kappa shape index (κ1) is 20.1. The SMILES string of the molecule is CC[C@@H]1CN(C(=O)CCc2c(C)n[nH]c2C)CCC(=O)N1Cc1ccccc1. The summed E-state index contributed by atoms with van der Waals surface area (Å²) < 4.78 is 0. The number of nitrogens with one attached hydrogen (secondary N) is 1. The molecule has 0 saturated carbocycles. The van der Waals surface area contributed by atoms with Crippen molar-refractivity contribution in [2.75, 3.05) is 13.1 Å². The molecule has 1 aromatic carbocycles. The number of hydrogen-bond acceptors (Lipinski definition) is 3. The van der Waals surface area contributed by atoms with Gasteiger partial charge in [0.2, 0.25) is 11.8 Å². The van der Waals surface area contributed by atoms with E-state index in [1.807, 2.05) is 54.0 Å². The topological polar surface area (TPSA) is 69.3 Å². The Morgan fingerprint density at radius 1 is 1.25 bits per heavy atom. The van der Waals surface area contributed by atoms with Gasteiger partial charge in [-0.3, -0.25) is 14.7 Å². The zero-order chi connectivity index (χ0) is 20.1. The maximum Gasteiger partial charge on any atom is 0.224 e. The quantitative estimate of drug-likeness (QED) is 0.835. The summed E-state index contributed by atoms with van der Waals surface area (Å²) in [6.45, 7) is 7.75. The summed E-state index contributed by atoms with van der Waals surface area (Å²) in [4.78, 5) is 29.5. The van der Waals surface area contributed by atoms with Gasteiger partial charge in [-0.15, -0.1) is 0 Å². The molecule has 0 radical (unpaired) electrons. The van der Waals surface area contributed by atoms with Crippen molar-refractivity contribution in [1.29, 1.82) is 0 Å². The first-order chi connectivity index (χ1) is 13.5. The summed E-state index contributed by atoms with van der Waals surface area (Å²) in [6.07, 6.45) is 2.35. The molecule has 1 N–H and O–H groups in total. The summed E-state index contributed by atoms with van der Waals surface area (Å²) in [5, 5.41) is 7.18. The first-order valence-electron chi connectivity index (χ1n) is 10.1. The molecule has 1 atom stereocenters. The van der Waals surface area contributed by atoms with Crippen LogP contribution in [0.5, 0.6) is 0 Å². The normalized spacial score (nSPS) is 17.7. The number of aryl methyl sites for hydroxylation is 2. The molecule has 1 aliphatic rings. The number of hydrogen-bond donors (Lipinski definition) is 1. The Kier molecular flexibility index (Phi) is 6.49. The number of H-pyrrole nitrogens is 1. The summed E-state index contributed by atoms with van der Waals surface area (Å²) >= 11 is 0. The van der Waals surface area contributed by atoms with Crippen molar-refractivity contribution >= 4 is 11.8 Å². The fourth-order valence-corrected chi connectivity index (χ4v) is 3.93. The van der Waals surface area contributed by atoms with Gasteiger partial charge in [0.15, 0.2) is 0 Å². The van der Waals surface area contributed by atoms with Crippen molar-refractivity contribution < 1.29 is 9.59 Å². The number of aromatic amines is 1. The smallest absolute Gasteiger partial charge is 0.224 e. The third-order valence-electron chi connectivity index (χ3n) is 5.68. The fraction of sp³-hybridized carbons (Fsp3) is 0.500. The van der Waals surface area contributed by atoms with E-state index < -0.39 is 0 Å². The van der Waals surface area contributed by atoms with Gasteiger partial charge in [-0.05, 0) is 37.8 Å². The molecular formula is C22H30N4O2. The zero-order valence-corrected chi connectivity index (χ0v) is 17.1. The van der Waals surface area contributed by atoms with Gasteiger partial charge in [0, 0.05) is 44.2 Å². The van der Waals surface area contributed by atoms with Crippen LogP contribution in [0.2, 0.25) is 0 Å². The molecule has 28 heavy (non-hydrogen) atoms. The summed E-state index contributed by atoms with van der Waals surface area (Å²) in [6, 6.07) is 10.1. The number of aromatic nitrogens is 2. The van der Waals surface area contributed by atoms with Crippen molar-refractivity contribution in [3.63, 3.8) is 0 Å². The molecule has 1 aliphatic heterocycles. The molecule has 1 fully saturated rings. The highest BCUT2D eigenvalue weighted by Crippen LogP contribution is 2.19. The van der Waals surface area contributed by atoms with Crippen molar-refractivity contribution in [2.24, 2.45) is 0 Å². The molecule has 1 saturated heterocycles. The van der Waals surface area contributed by atoms with E-state index in [-0.39, 0.29) is 17.9 Å². The number of nitrogens with zero attached hydrogens (tertiary/aromatic N) is 3. The maximum atomic E-state index is 12.9. The molecular weight excluding hydrogens is 352 g/mol. The van der Waals surface area contributed by atoms with E-state index in [1.54, 1.807) is 0 Å². The van der Waals surface area contributed by atoms with Crippen LogP contribution in [0, 0.1) is 13.8 Å². The summed E-state index contributed by atoms with van der Waals surface area (Å²) in [7, 11) is 0. The largest absolute Gasteiger partial charge is 0.340 e. The highest BCUT2D eigenvalue weighted by atomic mass is 16.2. The molecule has 150 valence electrons. The Balaban J connectivity index is 1.65. The van der Waals surface area contributed by atoms with Crippen LogP contribution in [-0.2, 0) is 22.6 Å². The molecule has 0 aliphatic carbocycles. The molecule has 2 aromatic rings. The lowest BCUT2D eigenvalue weighted by molar-refractivity contribution is -0.133. The Morgan fingerprint density at radius 3 is 2.64 bits per heavy atom. The fourth-order valence-electron chi connectivity index (χ4n) is 3.93. The molecule has 0 spiro atoms. The van der Waals surface area contributed by atoms with Gasteiger partial charge in [0.1, 0.15) is 0 Å². The Hall–Kier alpha value is -2.63. The van der Waals surface area contributed by atoms with Crippen molar-refractivity contribution in [3.05, 3.63) is 52.8 Å². The minimum absolute atomic E-state index is 0.0524. The van der Waals surface area contributed by atoms with Crippen LogP contribution in [0.1, 0.15) is 48.7 Å². The van der Waals surface area contributed by atoms with Crippen LogP contribution in [-0.4, -0.2) is 50.9 Å². The predicted octanol–water partition coefficient (Wildman–Crippen LogP) is 3.00. The van der Waals surface area contributed by atoms with Gasteiger partial charge in [0.25, 0.3) is 0 Å². The molecule has 0 bridgehead atoms. The third-order valence-corrected chi connectivity index (χ3v) is 5.68. The maximum absolute atomic E-state index is 12.9. The minimum Gasteiger partial charge on any atom is -0.340 e. The van der Waals surface area contributed by atoms with Gasteiger partial charge < -0.3 is 9.80 Å². The van der Waals surface area contributed by atoms with Gasteiger partial charge in [-0.25, -0.2) is 0 Å². The second-order valence-electron chi connectivity index (χ2n) is 7.57. The summed E-state index contributed by atoms with van der Waals surface area (Å²) in [5.74, 6) is 0.250. The molecule has 6 nitrogen and oxygen atoms in total. The van der Waals surface area contributed by atoms with Crippen LogP contribution < -0.4 is 0 Å². The van der Waals surface area contributed by atoms with E-state index in [9.17, 15) is 9.59 Å². The lowest BCUT2D eigenvalue weighted by Crippen LogP contribution is -2.43. The molecule has 6 heteroatoms. The van der Waals surface area contributed by atoms with E-state index in [2.05, 4.69) is 17.1 Å². The van der Waals surface area contributed by atoms with E-state index >= 15 is 0 Å². The van der Waals surface area contributed by atoms with E-state index in [1.165, 1.54) is 0 Å². The number of carbonyl (C=O) groups is 2. The van der Waals surface area contributed by atoms with Crippen molar-refractivity contribution in [3.8, 4) is 0 Å². The van der Waals surface area contributed by atoms with Crippen LogP contribution in [0.15, 0.2) is 30.3 Å². The average molecular weight is 383 g/mol. The van der Waals surface area contributed by atoms with E-state index in [0.717, 1.165) is 28.9 Å². The second-order valence-corrected chi connectivity index (χ2v) is 7.57. The average Bonchev–Trinajstić information content (AvgIpc) is 2.93. The van der Waals surface area contributed by atoms with E-state index in [4.69, 9.17) is 0 Å². The van der Waals surface area contributed by atoms with Gasteiger partial charge in [-0.2, -0.15) is 5.10 Å². The molecule has 3 rings (SSSR count). The molecule has 2 amide bonds. The zero-order valence-electron chi connectivity index (χ0n) is 17.1. The number of rotatable bonds is 6.